The fourth-order valence-corrected chi connectivity index (χ4v) is 1.75. The quantitative estimate of drug-likeness (QED) is 0.828. The zero-order valence-electron chi connectivity index (χ0n) is 11.3. The van der Waals surface area contributed by atoms with Crippen LogP contribution in [0.5, 0.6) is 0 Å². The van der Waals surface area contributed by atoms with Crippen molar-refractivity contribution in [1.29, 1.82) is 0 Å². The molecule has 1 heterocycles. The van der Waals surface area contributed by atoms with E-state index in [4.69, 9.17) is 9.15 Å². The Morgan fingerprint density at radius 2 is 2.05 bits per heavy atom. The van der Waals surface area contributed by atoms with Crippen LogP contribution in [0.25, 0.3) is 11.5 Å². The number of aromatic nitrogens is 2. The maximum absolute atomic E-state index is 5.59. The Morgan fingerprint density at radius 1 is 1.26 bits per heavy atom. The predicted molar refractivity (Wildman–Crippen MR) is 72.5 cm³/mol. The van der Waals surface area contributed by atoms with Crippen LogP contribution in [0.3, 0.4) is 0 Å². The zero-order valence-corrected chi connectivity index (χ0v) is 11.3. The molecule has 0 aliphatic rings. The van der Waals surface area contributed by atoms with E-state index in [1.165, 1.54) is 0 Å². The SMILES string of the molecule is CCOC(C)CNCc1nnc(-c2ccccc2)o1. The molecular formula is C14H19N3O2. The highest BCUT2D eigenvalue weighted by molar-refractivity contribution is 5.51. The first-order valence-electron chi connectivity index (χ1n) is 6.49. The Kier molecular flexibility index (Phi) is 5.06. The molecule has 1 unspecified atom stereocenters. The third kappa shape index (κ3) is 4.15. The lowest BCUT2D eigenvalue weighted by atomic mass is 10.2. The van der Waals surface area contributed by atoms with Crippen LogP contribution in [-0.2, 0) is 11.3 Å². The Labute approximate surface area is 113 Å². The summed E-state index contributed by atoms with van der Waals surface area (Å²) in [6.45, 7) is 6.05. The van der Waals surface area contributed by atoms with E-state index < -0.39 is 0 Å². The molecular weight excluding hydrogens is 242 g/mol. The van der Waals surface area contributed by atoms with Crippen LogP contribution >= 0.6 is 0 Å². The molecule has 1 atom stereocenters. The highest BCUT2D eigenvalue weighted by Crippen LogP contribution is 2.16. The fraction of sp³-hybridized carbons (Fsp3) is 0.429. The second kappa shape index (κ2) is 7.01. The van der Waals surface area contributed by atoms with Crippen LogP contribution in [0.15, 0.2) is 34.7 Å². The van der Waals surface area contributed by atoms with Crippen molar-refractivity contribution in [3.05, 3.63) is 36.2 Å². The summed E-state index contributed by atoms with van der Waals surface area (Å²) in [6.07, 6.45) is 0.182. The monoisotopic (exact) mass is 261 g/mol. The summed E-state index contributed by atoms with van der Waals surface area (Å²) in [7, 11) is 0. The van der Waals surface area contributed by atoms with Crippen molar-refractivity contribution in [3.63, 3.8) is 0 Å². The number of nitrogens with zero attached hydrogens (tertiary/aromatic N) is 2. The van der Waals surface area contributed by atoms with Crippen molar-refractivity contribution in [3.8, 4) is 11.5 Å². The molecule has 102 valence electrons. The number of nitrogens with one attached hydrogen (secondary N) is 1. The molecule has 1 aromatic heterocycles. The van der Waals surface area contributed by atoms with Crippen LogP contribution < -0.4 is 5.32 Å². The van der Waals surface area contributed by atoms with Gasteiger partial charge in [0.2, 0.25) is 11.8 Å². The van der Waals surface area contributed by atoms with E-state index in [2.05, 4.69) is 15.5 Å². The Bertz CT molecular complexity index is 484. The highest BCUT2D eigenvalue weighted by atomic mass is 16.5. The minimum atomic E-state index is 0.182. The average molecular weight is 261 g/mol. The van der Waals surface area contributed by atoms with Crippen LogP contribution in [0.4, 0.5) is 0 Å². The Hall–Kier alpha value is -1.72. The normalized spacial score (nSPS) is 12.5. The molecule has 0 saturated heterocycles. The van der Waals surface area contributed by atoms with E-state index in [-0.39, 0.29) is 6.10 Å². The third-order valence-electron chi connectivity index (χ3n) is 2.65. The molecule has 0 aliphatic heterocycles. The zero-order chi connectivity index (χ0) is 13.5. The summed E-state index contributed by atoms with van der Waals surface area (Å²) in [5.74, 6) is 1.14. The minimum Gasteiger partial charge on any atom is -0.419 e. The first-order valence-corrected chi connectivity index (χ1v) is 6.49. The van der Waals surface area contributed by atoms with Gasteiger partial charge in [-0.15, -0.1) is 10.2 Å². The second-order valence-corrected chi connectivity index (χ2v) is 4.26. The number of rotatable bonds is 7. The van der Waals surface area contributed by atoms with Gasteiger partial charge in [-0.1, -0.05) is 18.2 Å². The molecule has 19 heavy (non-hydrogen) atoms. The van der Waals surface area contributed by atoms with Crippen LogP contribution in [0.2, 0.25) is 0 Å². The van der Waals surface area contributed by atoms with Gasteiger partial charge in [0, 0.05) is 18.7 Å². The smallest absolute Gasteiger partial charge is 0.247 e. The molecule has 1 aromatic carbocycles. The summed E-state index contributed by atoms with van der Waals surface area (Å²) in [6, 6.07) is 9.74. The first kappa shape index (κ1) is 13.7. The molecule has 0 fully saturated rings. The van der Waals surface area contributed by atoms with E-state index in [1.807, 2.05) is 44.2 Å². The number of hydrogen-bond acceptors (Lipinski definition) is 5. The first-order chi connectivity index (χ1) is 9.29. The number of hydrogen-bond donors (Lipinski definition) is 1. The van der Waals surface area contributed by atoms with Gasteiger partial charge in [-0.05, 0) is 26.0 Å². The van der Waals surface area contributed by atoms with Gasteiger partial charge in [0.25, 0.3) is 0 Å². The van der Waals surface area contributed by atoms with Crippen LogP contribution in [0.1, 0.15) is 19.7 Å². The van der Waals surface area contributed by atoms with Crippen molar-refractivity contribution in [2.75, 3.05) is 13.2 Å². The fourth-order valence-electron chi connectivity index (χ4n) is 1.75. The molecule has 5 nitrogen and oxygen atoms in total. The molecule has 0 saturated carbocycles. The van der Waals surface area contributed by atoms with Crippen molar-refractivity contribution in [2.24, 2.45) is 0 Å². The largest absolute Gasteiger partial charge is 0.419 e. The van der Waals surface area contributed by atoms with Gasteiger partial charge in [0.1, 0.15) is 0 Å². The molecule has 0 aliphatic carbocycles. The van der Waals surface area contributed by atoms with E-state index in [1.54, 1.807) is 0 Å². The average Bonchev–Trinajstić information content (AvgIpc) is 2.89. The van der Waals surface area contributed by atoms with Crippen LogP contribution in [0, 0.1) is 0 Å². The number of ether oxygens (including phenoxy) is 1. The van der Waals surface area contributed by atoms with E-state index >= 15 is 0 Å². The molecule has 2 aromatic rings. The summed E-state index contributed by atoms with van der Waals surface area (Å²) in [5.41, 5.74) is 0.934. The van der Waals surface area contributed by atoms with Gasteiger partial charge in [-0.25, -0.2) is 0 Å². The van der Waals surface area contributed by atoms with Gasteiger partial charge in [-0.2, -0.15) is 0 Å². The lowest BCUT2D eigenvalue weighted by Gasteiger charge is -2.10. The van der Waals surface area contributed by atoms with Crippen molar-refractivity contribution < 1.29 is 9.15 Å². The van der Waals surface area contributed by atoms with Gasteiger partial charge in [-0.3, -0.25) is 0 Å². The van der Waals surface area contributed by atoms with Gasteiger partial charge >= 0.3 is 0 Å². The maximum Gasteiger partial charge on any atom is 0.247 e. The summed E-state index contributed by atoms with van der Waals surface area (Å²) >= 11 is 0. The molecule has 0 amide bonds. The van der Waals surface area contributed by atoms with Gasteiger partial charge in [0.05, 0.1) is 12.6 Å². The second-order valence-electron chi connectivity index (χ2n) is 4.26. The van der Waals surface area contributed by atoms with Gasteiger partial charge in [0.15, 0.2) is 0 Å². The van der Waals surface area contributed by atoms with E-state index in [9.17, 15) is 0 Å². The molecule has 0 radical (unpaired) electrons. The van der Waals surface area contributed by atoms with Crippen LogP contribution in [-0.4, -0.2) is 29.5 Å². The van der Waals surface area contributed by atoms with E-state index in [0.717, 1.165) is 18.7 Å². The Morgan fingerprint density at radius 3 is 2.79 bits per heavy atom. The molecule has 0 bridgehead atoms. The minimum absolute atomic E-state index is 0.182. The number of benzene rings is 1. The topological polar surface area (TPSA) is 60.2 Å². The lowest BCUT2D eigenvalue weighted by Crippen LogP contribution is -2.26. The van der Waals surface area contributed by atoms with Crippen molar-refractivity contribution >= 4 is 0 Å². The predicted octanol–water partition coefficient (Wildman–Crippen LogP) is 2.25. The summed E-state index contributed by atoms with van der Waals surface area (Å²) in [4.78, 5) is 0. The van der Waals surface area contributed by atoms with Crippen molar-refractivity contribution in [2.45, 2.75) is 26.5 Å². The van der Waals surface area contributed by atoms with Gasteiger partial charge < -0.3 is 14.5 Å². The molecule has 1 N–H and O–H groups in total. The lowest BCUT2D eigenvalue weighted by molar-refractivity contribution is 0.0755. The highest BCUT2D eigenvalue weighted by Gasteiger charge is 2.08. The molecule has 2 rings (SSSR count). The van der Waals surface area contributed by atoms with E-state index in [0.29, 0.717) is 18.3 Å². The standard InChI is InChI=1S/C14H19N3O2/c1-3-18-11(2)9-15-10-13-16-17-14(19-13)12-7-5-4-6-8-12/h4-8,11,15H,3,9-10H2,1-2H3. The summed E-state index contributed by atoms with van der Waals surface area (Å²) < 4.78 is 11.0. The Balaban J connectivity index is 1.85. The third-order valence-corrected chi connectivity index (χ3v) is 2.65. The molecule has 5 heteroatoms. The van der Waals surface area contributed by atoms with Crippen molar-refractivity contribution in [1.82, 2.24) is 15.5 Å². The summed E-state index contributed by atoms with van der Waals surface area (Å²) in [5, 5.41) is 11.3. The maximum atomic E-state index is 5.59. The molecule has 0 spiro atoms.